The summed E-state index contributed by atoms with van der Waals surface area (Å²) < 4.78 is 4.68. The van der Waals surface area contributed by atoms with Crippen LogP contribution in [0.15, 0.2) is 170 Å². The van der Waals surface area contributed by atoms with E-state index in [1.165, 1.54) is 49.4 Å². The maximum atomic E-state index is 5.38. The molecule has 0 saturated heterocycles. The summed E-state index contributed by atoms with van der Waals surface area (Å²) >= 11 is 0. The molecule has 1 aliphatic rings. The standard InChI is InChI=1S/C49H34N4/c1-49(2)41-19-11-9-17-35(41)36-23-21-31(30-42(36)49)46-38-18-10-12-20-43(38)50-48(51-46)32-22-25-45-40(29-32)37-24-26-44-39(27-28-52(44)33-13-5-3-6-14-33)47(37)53(45)34-15-7-4-8-16-34/h3-30H,1-2H3. The summed E-state index contributed by atoms with van der Waals surface area (Å²) in [6.07, 6.45) is 2.18. The molecule has 0 unspecified atom stereocenters. The molecule has 0 saturated carbocycles. The topological polar surface area (TPSA) is 35.6 Å². The van der Waals surface area contributed by atoms with Gasteiger partial charge in [0.15, 0.2) is 5.82 Å². The Morgan fingerprint density at radius 3 is 2.02 bits per heavy atom. The van der Waals surface area contributed by atoms with Crippen molar-refractivity contribution >= 4 is 43.6 Å². The fourth-order valence-electron chi connectivity index (χ4n) is 8.80. The monoisotopic (exact) mass is 678 g/mol. The summed E-state index contributed by atoms with van der Waals surface area (Å²) in [6, 6.07) is 58.8. The van der Waals surface area contributed by atoms with E-state index < -0.39 is 0 Å². The summed E-state index contributed by atoms with van der Waals surface area (Å²) in [7, 11) is 0. The van der Waals surface area contributed by atoms with Crippen LogP contribution in [0.3, 0.4) is 0 Å². The van der Waals surface area contributed by atoms with E-state index in [0.717, 1.165) is 50.4 Å². The van der Waals surface area contributed by atoms with Gasteiger partial charge in [0, 0.05) is 55.7 Å². The SMILES string of the molecule is CC1(C)c2ccccc2-c2ccc(-c3nc(-c4ccc5c(c4)c4ccc6c(ccn6-c6ccccc6)c4n5-c4ccccc4)nc4ccccc34)cc21. The van der Waals surface area contributed by atoms with Crippen LogP contribution >= 0.6 is 0 Å². The van der Waals surface area contributed by atoms with Crippen LogP contribution in [0.4, 0.5) is 0 Å². The van der Waals surface area contributed by atoms with E-state index in [4.69, 9.17) is 9.97 Å². The molecule has 3 heterocycles. The fourth-order valence-corrected chi connectivity index (χ4v) is 8.80. The number of aromatic nitrogens is 4. The van der Waals surface area contributed by atoms with Crippen molar-refractivity contribution in [1.29, 1.82) is 0 Å². The largest absolute Gasteiger partial charge is 0.316 e. The van der Waals surface area contributed by atoms with Crippen molar-refractivity contribution in [2.75, 3.05) is 0 Å². The van der Waals surface area contributed by atoms with Crippen LogP contribution in [0.2, 0.25) is 0 Å². The highest BCUT2D eigenvalue weighted by Gasteiger charge is 2.35. The van der Waals surface area contributed by atoms with Crippen molar-refractivity contribution < 1.29 is 0 Å². The number of nitrogens with zero attached hydrogens (tertiary/aromatic N) is 4. The van der Waals surface area contributed by atoms with Gasteiger partial charge in [0.25, 0.3) is 0 Å². The summed E-state index contributed by atoms with van der Waals surface area (Å²) in [4.78, 5) is 10.6. The third kappa shape index (κ3) is 4.36. The second kappa shape index (κ2) is 11.1. The molecule has 4 heteroatoms. The minimum Gasteiger partial charge on any atom is -0.316 e. The van der Waals surface area contributed by atoms with Gasteiger partial charge in [-0.25, -0.2) is 9.97 Å². The molecule has 0 N–H and O–H groups in total. The highest BCUT2D eigenvalue weighted by atomic mass is 15.0. The normalized spacial score (nSPS) is 13.2. The van der Waals surface area contributed by atoms with Crippen LogP contribution in [0.1, 0.15) is 25.0 Å². The van der Waals surface area contributed by atoms with Crippen molar-refractivity contribution in [2.45, 2.75) is 19.3 Å². The molecular formula is C49H34N4. The minimum absolute atomic E-state index is 0.0981. The first-order chi connectivity index (χ1) is 26.0. The molecule has 4 nitrogen and oxygen atoms in total. The molecule has 0 bridgehead atoms. The molecule has 11 rings (SSSR count). The predicted molar refractivity (Wildman–Crippen MR) is 219 cm³/mol. The average Bonchev–Trinajstić information content (AvgIpc) is 3.86. The molecule has 250 valence electrons. The van der Waals surface area contributed by atoms with Gasteiger partial charge >= 0.3 is 0 Å². The van der Waals surface area contributed by atoms with Crippen molar-refractivity contribution in [3.8, 4) is 45.1 Å². The molecular weight excluding hydrogens is 645 g/mol. The van der Waals surface area contributed by atoms with E-state index in [-0.39, 0.29) is 5.41 Å². The van der Waals surface area contributed by atoms with E-state index in [9.17, 15) is 0 Å². The molecule has 1 aliphatic carbocycles. The lowest BCUT2D eigenvalue weighted by Gasteiger charge is -2.22. The Bertz CT molecular complexity index is 3080. The molecule has 0 amide bonds. The van der Waals surface area contributed by atoms with Gasteiger partial charge in [-0.2, -0.15) is 0 Å². The number of rotatable bonds is 4. The zero-order valence-electron chi connectivity index (χ0n) is 29.5. The van der Waals surface area contributed by atoms with Crippen molar-refractivity contribution in [1.82, 2.24) is 19.1 Å². The van der Waals surface area contributed by atoms with Gasteiger partial charge in [0.2, 0.25) is 0 Å². The van der Waals surface area contributed by atoms with Crippen LogP contribution < -0.4 is 0 Å². The lowest BCUT2D eigenvalue weighted by Crippen LogP contribution is -2.14. The molecule has 0 fully saturated rings. The van der Waals surface area contributed by atoms with Gasteiger partial charge < -0.3 is 9.13 Å². The molecule has 3 aromatic heterocycles. The number of fused-ring (bicyclic) bond motifs is 9. The molecule has 0 aliphatic heterocycles. The van der Waals surface area contributed by atoms with E-state index in [2.05, 4.69) is 193 Å². The summed E-state index contributed by atoms with van der Waals surface area (Å²) in [5, 5.41) is 4.63. The van der Waals surface area contributed by atoms with E-state index >= 15 is 0 Å². The van der Waals surface area contributed by atoms with Crippen molar-refractivity contribution in [3.05, 3.63) is 181 Å². The first-order valence-electron chi connectivity index (χ1n) is 18.3. The summed E-state index contributed by atoms with van der Waals surface area (Å²) in [6.45, 7) is 4.66. The Morgan fingerprint density at radius 2 is 1.17 bits per heavy atom. The highest BCUT2D eigenvalue weighted by Crippen LogP contribution is 2.50. The van der Waals surface area contributed by atoms with Gasteiger partial charge in [0.1, 0.15) is 0 Å². The molecule has 0 radical (unpaired) electrons. The van der Waals surface area contributed by atoms with E-state index in [1.54, 1.807) is 0 Å². The number of benzene rings is 7. The number of hydrogen-bond acceptors (Lipinski definition) is 2. The van der Waals surface area contributed by atoms with Crippen LogP contribution in [0, 0.1) is 0 Å². The Balaban J connectivity index is 1.12. The predicted octanol–water partition coefficient (Wildman–Crippen LogP) is 12.3. The smallest absolute Gasteiger partial charge is 0.160 e. The third-order valence-corrected chi connectivity index (χ3v) is 11.4. The van der Waals surface area contributed by atoms with Gasteiger partial charge in [-0.1, -0.05) is 111 Å². The lowest BCUT2D eigenvalue weighted by molar-refractivity contribution is 0.660. The zero-order valence-corrected chi connectivity index (χ0v) is 29.5. The quantitative estimate of drug-likeness (QED) is 0.186. The summed E-state index contributed by atoms with van der Waals surface area (Å²) in [5.41, 5.74) is 15.0. The highest BCUT2D eigenvalue weighted by molar-refractivity contribution is 6.19. The zero-order chi connectivity index (χ0) is 35.3. The third-order valence-electron chi connectivity index (χ3n) is 11.4. The van der Waals surface area contributed by atoms with E-state index in [1.807, 2.05) is 0 Å². The van der Waals surface area contributed by atoms with Gasteiger partial charge in [-0.3, -0.25) is 0 Å². The van der Waals surface area contributed by atoms with Crippen LogP contribution in [-0.4, -0.2) is 19.1 Å². The number of hydrogen-bond donors (Lipinski definition) is 0. The molecule has 7 aromatic carbocycles. The van der Waals surface area contributed by atoms with Crippen LogP contribution in [0.5, 0.6) is 0 Å². The maximum Gasteiger partial charge on any atom is 0.160 e. The Labute approximate surface area is 307 Å². The van der Waals surface area contributed by atoms with Crippen LogP contribution in [0.25, 0.3) is 88.8 Å². The minimum atomic E-state index is -0.0981. The van der Waals surface area contributed by atoms with Crippen molar-refractivity contribution in [2.24, 2.45) is 0 Å². The second-order valence-corrected chi connectivity index (χ2v) is 14.7. The van der Waals surface area contributed by atoms with Crippen molar-refractivity contribution in [3.63, 3.8) is 0 Å². The van der Waals surface area contributed by atoms with Gasteiger partial charge in [-0.15, -0.1) is 0 Å². The fraction of sp³-hybridized carbons (Fsp3) is 0.0612. The van der Waals surface area contributed by atoms with Crippen LogP contribution in [-0.2, 0) is 5.41 Å². The maximum absolute atomic E-state index is 5.38. The molecule has 10 aromatic rings. The van der Waals surface area contributed by atoms with E-state index in [0.29, 0.717) is 0 Å². The van der Waals surface area contributed by atoms with Gasteiger partial charge in [0.05, 0.1) is 27.8 Å². The first-order valence-corrected chi connectivity index (χ1v) is 18.3. The Morgan fingerprint density at radius 1 is 0.472 bits per heavy atom. The van der Waals surface area contributed by atoms with Gasteiger partial charge in [-0.05, 0) is 89.0 Å². The Hall–Kier alpha value is -6.78. The Kier molecular flexibility index (Phi) is 6.27. The molecule has 53 heavy (non-hydrogen) atoms. The molecule has 0 spiro atoms. The average molecular weight is 679 g/mol. The lowest BCUT2D eigenvalue weighted by atomic mass is 9.82. The summed E-state index contributed by atoms with van der Waals surface area (Å²) in [5.74, 6) is 0.723. The first kappa shape index (κ1) is 29.9. The molecule has 0 atom stereocenters. The number of para-hydroxylation sites is 3. The second-order valence-electron chi connectivity index (χ2n) is 14.7.